The molecule has 0 aliphatic rings. The highest BCUT2D eigenvalue weighted by Crippen LogP contribution is 2.27. The van der Waals surface area contributed by atoms with Gasteiger partial charge in [-0.2, -0.15) is 0 Å². The minimum atomic E-state index is -1.87. The van der Waals surface area contributed by atoms with Crippen molar-refractivity contribution in [3.8, 4) is 0 Å². The maximum absolute atomic E-state index is 11.6. The lowest BCUT2D eigenvalue weighted by atomic mass is 9.96. The normalized spacial score (nSPS) is 12.2. The lowest BCUT2D eigenvalue weighted by molar-refractivity contribution is -0.114. The maximum atomic E-state index is 11.6. The van der Waals surface area contributed by atoms with E-state index in [1.807, 2.05) is 50.2 Å². The van der Waals surface area contributed by atoms with Gasteiger partial charge in [0.2, 0.25) is 5.91 Å². The second-order valence-corrected chi connectivity index (χ2v) is 11.2. The zero-order valence-corrected chi connectivity index (χ0v) is 22.2. The third-order valence-corrected chi connectivity index (χ3v) is 7.01. The van der Waals surface area contributed by atoms with Crippen LogP contribution in [-0.4, -0.2) is 31.3 Å². The van der Waals surface area contributed by atoms with Crippen molar-refractivity contribution in [1.82, 2.24) is 4.98 Å². The van der Waals surface area contributed by atoms with Crippen LogP contribution in [0.25, 0.3) is 0 Å². The molecule has 0 radical (unpaired) electrons. The first-order valence-corrected chi connectivity index (χ1v) is 13.6. The van der Waals surface area contributed by atoms with Gasteiger partial charge in [0.1, 0.15) is 5.60 Å². The molecule has 8 nitrogen and oxygen atoms in total. The van der Waals surface area contributed by atoms with Crippen molar-refractivity contribution in [3.05, 3.63) is 81.4 Å². The number of nitrogens with two attached hydrogens (primary N) is 1. The zero-order valence-electron chi connectivity index (χ0n) is 20.6. The van der Waals surface area contributed by atoms with Crippen LogP contribution in [0.4, 0.5) is 9.93 Å². The lowest BCUT2D eigenvalue weighted by Gasteiger charge is -2.24. The summed E-state index contributed by atoms with van der Waals surface area (Å²) in [6.07, 6.45) is 1.91. The number of hydrogen-bond acceptors (Lipinski definition) is 6. The number of aromatic nitrogens is 1. The van der Waals surface area contributed by atoms with Gasteiger partial charge in [-0.1, -0.05) is 48.5 Å². The number of carbonyl (C=O) groups excluding carboxylic acids is 2. The molecule has 1 aromatic heterocycles. The van der Waals surface area contributed by atoms with E-state index < -0.39 is 22.8 Å². The number of nitrogens with zero attached hydrogens (tertiary/aromatic N) is 1. The topological polar surface area (TPSA) is 132 Å². The molecule has 1 heterocycles. The Labute approximate surface area is 217 Å². The maximum Gasteiger partial charge on any atom is 0.405 e. The predicted octanol–water partition coefficient (Wildman–Crippen LogP) is 4.62. The van der Waals surface area contributed by atoms with E-state index in [1.54, 1.807) is 0 Å². The molecule has 192 valence electrons. The third-order valence-electron chi connectivity index (χ3n) is 5.42. The van der Waals surface area contributed by atoms with E-state index in [-0.39, 0.29) is 11.7 Å². The van der Waals surface area contributed by atoms with Gasteiger partial charge < -0.3 is 20.3 Å². The minimum absolute atomic E-state index is 0.104. The summed E-state index contributed by atoms with van der Waals surface area (Å²) in [5.41, 5.74) is 9.46. The average Bonchev–Trinajstić information content (AvgIpc) is 3.13. The molecule has 1 atom stereocenters. The second-order valence-electron chi connectivity index (χ2n) is 9.20. The fraction of sp³-hybridized carbons (Fsp3) is 0.346. The van der Waals surface area contributed by atoms with E-state index in [1.165, 1.54) is 18.3 Å². The van der Waals surface area contributed by atoms with E-state index in [2.05, 4.69) is 22.4 Å². The number of primary amides is 1. The van der Waals surface area contributed by atoms with Crippen LogP contribution in [0.15, 0.2) is 48.5 Å². The molecular formula is C26H31N3O5S2. The van der Waals surface area contributed by atoms with E-state index in [0.29, 0.717) is 24.4 Å². The number of ether oxygens (including phenoxy) is 1. The number of amides is 2. The van der Waals surface area contributed by atoms with Crippen LogP contribution >= 0.6 is 11.3 Å². The number of thiazole rings is 1. The largest absolute Gasteiger partial charge is 0.443 e. The van der Waals surface area contributed by atoms with Crippen molar-refractivity contribution in [2.75, 3.05) is 5.32 Å². The SMILES string of the molecule is CC(=O)Nc1nc(CCc2ccc(CC(C)(C)OC(N)=O)cc2)c(Cc2ccc(CS(=O)O)cc2)s1. The predicted molar refractivity (Wildman–Crippen MR) is 142 cm³/mol. The molecule has 0 bridgehead atoms. The molecule has 1 unspecified atom stereocenters. The Morgan fingerprint density at radius 1 is 1.03 bits per heavy atom. The molecule has 2 amide bonds. The molecule has 0 spiro atoms. The Kier molecular flexibility index (Phi) is 9.36. The summed E-state index contributed by atoms with van der Waals surface area (Å²) in [5, 5.41) is 3.36. The molecule has 0 aliphatic carbocycles. The van der Waals surface area contributed by atoms with Gasteiger partial charge in [0, 0.05) is 24.6 Å². The number of carbonyl (C=O) groups is 2. The Bertz CT molecular complexity index is 1220. The van der Waals surface area contributed by atoms with Gasteiger partial charge >= 0.3 is 6.09 Å². The quantitative estimate of drug-likeness (QED) is 0.311. The Morgan fingerprint density at radius 3 is 2.19 bits per heavy atom. The van der Waals surface area contributed by atoms with Crippen molar-refractivity contribution in [1.29, 1.82) is 0 Å². The third kappa shape index (κ3) is 8.85. The van der Waals surface area contributed by atoms with Gasteiger partial charge in [0.05, 0.1) is 11.4 Å². The molecule has 3 aromatic rings. The van der Waals surface area contributed by atoms with Gasteiger partial charge in [0.15, 0.2) is 16.2 Å². The molecule has 10 heteroatoms. The lowest BCUT2D eigenvalue weighted by Crippen LogP contribution is -2.33. The summed E-state index contributed by atoms with van der Waals surface area (Å²) < 4.78 is 25.3. The summed E-state index contributed by atoms with van der Waals surface area (Å²) in [4.78, 5) is 28.4. The molecule has 0 aliphatic heterocycles. The van der Waals surface area contributed by atoms with Crippen LogP contribution in [0.3, 0.4) is 0 Å². The molecule has 36 heavy (non-hydrogen) atoms. The van der Waals surface area contributed by atoms with Crippen LogP contribution in [-0.2, 0) is 52.0 Å². The van der Waals surface area contributed by atoms with Crippen LogP contribution in [0.2, 0.25) is 0 Å². The summed E-state index contributed by atoms with van der Waals surface area (Å²) in [5.74, 6) is -0.0604. The van der Waals surface area contributed by atoms with E-state index >= 15 is 0 Å². The summed E-state index contributed by atoms with van der Waals surface area (Å²) in [6.45, 7) is 5.11. The number of aryl methyl sites for hydroxylation is 2. The van der Waals surface area contributed by atoms with Crippen molar-refractivity contribution in [3.63, 3.8) is 0 Å². The summed E-state index contributed by atoms with van der Waals surface area (Å²) in [7, 11) is 0. The highest BCUT2D eigenvalue weighted by atomic mass is 32.2. The van der Waals surface area contributed by atoms with E-state index in [9.17, 15) is 13.8 Å². The zero-order chi connectivity index (χ0) is 26.3. The molecule has 0 saturated carbocycles. The monoisotopic (exact) mass is 529 g/mol. The van der Waals surface area contributed by atoms with E-state index in [0.717, 1.165) is 39.2 Å². The molecular weight excluding hydrogens is 498 g/mol. The van der Waals surface area contributed by atoms with Gasteiger partial charge in [0.25, 0.3) is 0 Å². The Hall–Kier alpha value is -3.08. The molecule has 3 rings (SSSR count). The number of hydrogen-bond donors (Lipinski definition) is 3. The van der Waals surface area contributed by atoms with Crippen molar-refractivity contribution in [2.45, 2.75) is 57.8 Å². The first-order valence-electron chi connectivity index (χ1n) is 11.5. The van der Waals surface area contributed by atoms with Crippen LogP contribution < -0.4 is 11.1 Å². The smallest absolute Gasteiger partial charge is 0.405 e. The van der Waals surface area contributed by atoms with Gasteiger partial charge in [-0.15, -0.1) is 11.3 Å². The van der Waals surface area contributed by atoms with Crippen LogP contribution in [0.1, 0.15) is 53.6 Å². The van der Waals surface area contributed by atoms with Crippen molar-refractivity contribution >= 4 is 39.5 Å². The number of nitrogens with one attached hydrogen (secondary N) is 1. The summed E-state index contributed by atoms with van der Waals surface area (Å²) >= 11 is -0.408. The summed E-state index contributed by atoms with van der Waals surface area (Å²) in [6, 6.07) is 15.8. The average molecular weight is 530 g/mol. The highest BCUT2D eigenvalue weighted by Gasteiger charge is 2.22. The number of anilines is 1. The molecule has 0 saturated heterocycles. The Morgan fingerprint density at radius 2 is 1.61 bits per heavy atom. The second kappa shape index (κ2) is 12.2. The fourth-order valence-electron chi connectivity index (χ4n) is 3.89. The number of benzene rings is 2. The molecule has 4 N–H and O–H groups in total. The van der Waals surface area contributed by atoms with Crippen molar-refractivity contribution in [2.24, 2.45) is 5.73 Å². The Balaban J connectivity index is 1.69. The first-order chi connectivity index (χ1) is 17.0. The fourth-order valence-corrected chi connectivity index (χ4v) is 5.45. The van der Waals surface area contributed by atoms with Crippen molar-refractivity contribution < 1.29 is 23.1 Å². The number of rotatable bonds is 11. The molecule has 0 fully saturated rings. The standard InChI is InChI=1S/C26H31N3O5S2/c1-17(30)28-25-29-22(23(35-25)14-19-6-10-21(11-7-19)16-36(32)33)13-12-18-4-8-20(9-5-18)15-26(2,3)34-24(27)31/h4-11H,12-16H2,1-3H3,(H2,27,31)(H,32,33)(H,28,29,30). The van der Waals surface area contributed by atoms with Gasteiger partial charge in [-0.3, -0.25) is 4.79 Å². The van der Waals surface area contributed by atoms with Gasteiger partial charge in [-0.25, -0.2) is 14.0 Å². The van der Waals surface area contributed by atoms with Crippen LogP contribution in [0.5, 0.6) is 0 Å². The highest BCUT2D eigenvalue weighted by molar-refractivity contribution is 7.78. The van der Waals surface area contributed by atoms with E-state index in [4.69, 9.17) is 15.0 Å². The van der Waals surface area contributed by atoms with Gasteiger partial charge in [-0.05, 0) is 48.9 Å². The van der Waals surface area contributed by atoms with Crippen LogP contribution in [0, 0.1) is 0 Å². The first kappa shape index (κ1) is 27.5. The molecule has 2 aromatic carbocycles. The minimum Gasteiger partial charge on any atom is -0.443 e.